The zero-order valence-electron chi connectivity index (χ0n) is 16.8. The summed E-state index contributed by atoms with van der Waals surface area (Å²) in [5.41, 5.74) is 1.27. The highest BCUT2D eigenvalue weighted by Gasteiger charge is 2.24. The van der Waals surface area contributed by atoms with Gasteiger partial charge in [0.2, 0.25) is 0 Å². The number of carbonyl (C=O) groups excluding carboxylic acids is 2. The van der Waals surface area contributed by atoms with E-state index in [0.29, 0.717) is 12.4 Å². The summed E-state index contributed by atoms with van der Waals surface area (Å²) in [7, 11) is 1.19. The molecule has 3 rings (SSSR count). The summed E-state index contributed by atoms with van der Waals surface area (Å²) in [6.45, 7) is 0.417. The lowest BCUT2D eigenvalue weighted by Crippen LogP contribution is -2.43. The summed E-state index contributed by atoms with van der Waals surface area (Å²) in [5, 5.41) is 2.41. The minimum Gasteiger partial charge on any atom is -0.489 e. The summed E-state index contributed by atoms with van der Waals surface area (Å²) >= 11 is 0. The lowest BCUT2D eigenvalue weighted by Gasteiger charge is -2.17. The number of rotatable bonds is 8. The molecule has 0 heterocycles. The topological polar surface area (TPSA) is 64.6 Å². The maximum absolute atomic E-state index is 13.9. The van der Waals surface area contributed by atoms with Crippen molar-refractivity contribution in [1.82, 2.24) is 5.32 Å². The van der Waals surface area contributed by atoms with Crippen LogP contribution in [-0.4, -0.2) is 25.0 Å². The number of ether oxygens (including phenoxy) is 2. The molecule has 3 aromatic carbocycles. The smallest absolute Gasteiger partial charge is 0.328 e. The van der Waals surface area contributed by atoms with Crippen molar-refractivity contribution in [3.05, 3.63) is 101 Å². The maximum Gasteiger partial charge on any atom is 0.328 e. The third-order valence-electron chi connectivity index (χ3n) is 4.60. The van der Waals surface area contributed by atoms with Crippen LogP contribution in [0.5, 0.6) is 5.75 Å². The van der Waals surface area contributed by atoms with E-state index in [9.17, 15) is 18.4 Å². The van der Waals surface area contributed by atoms with Gasteiger partial charge in [-0.15, -0.1) is 0 Å². The number of hydrogen-bond acceptors (Lipinski definition) is 4. The molecule has 1 amide bonds. The standard InChI is InChI=1S/C24H21F2NO4/c1-30-24(29)21(27-23(28)19-8-5-9-20(25)22(19)26)14-16-10-12-18(13-11-16)31-15-17-6-3-2-4-7-17/h2-13,21H,14-15H2,1H3,(H,27,28)/t21-/m0/s1. The van der Waals surface area contributed by atoms with Crippen molar-refractivity contribution in [3.8, 4) is 5.75 Å². The molecule has 160 valence electrons. The molecule has 0 aliphatic carbocycles. The Kier molecular flexibility index (Phi) is 7.32. The van der Waals surface area contributed by atoms with Gasteiger partial charge in [0.15, 0.2) is 11.6 Å². The molecule has 0 saturated carbocycles. The minimum atomic E-state index is -1.27. The summed E-state index contributed by atoms with van der Waals surface area (Å²) < 4.78 is 37.8. The molecule has 7 heteroatoms. The number of hydrogen-bond donors (Lipinski definition) is 1. The Morgan fingerprint density at radius 2 is 1.61 bits per heavy atom. The largest absolute Gasteiger partial charge is 0.489 e. The molecular weight excluding hydrogens is 404 g/mol. The predicted octanol–water partition coefficient (Wildman–Crippen LogP) is 4.06. The Hall–Kier alpha value is -3.74. The van der Waals surface area contributed by atoms with Crippen molar-refractivity contribution in [2.24, 2.45) is 0 Å². The van der Waals surface area contributed by atoms with Crippen molar-refractivity contribution in [3.63, 3.8) is 0 Å². The molecule has 0 aliphatic rings. The molecule has 0 aliphatic heterocycles. The second kappa shape index (κ2) is 10.3. The first kappa shape index (κ1) is 22.0. The third kappa shape index (κ3) is 5.88. The van der Waals surface area contributed by atoms with Gasteiger partial charge in [0.1, 0.15) is 18.4 Å². The van der Waals surface area contributed by atoms with Gasteiger partial charge in [0, 0.05) is 6.42 Å². The summed E-state index contributed by atoms with van der Waals surface area (Å²) in [6, 6.07) is 18.9. The van der Waals surface area contributed by atoms with Gasteiger partial charge in [-0.2, -0.15) is 0 Å². The van der Waals surface area contributed by atoms with Gasteiger partial charge < -0.3 is 14.8 Å². The van der Waals surface area contributed by atoms with E-state index in [4.69, 9.17) is 9.47 Å². The van der Waals surface area contributed by atoms with Gasteiger partial charge >= 0.3 is 5.97 Å². The number of methoxy groups -OCH3 is 1. The molecule has 0 saturated heterocycles. The molecule has 0 aromatic heterocycles. The van der Waals surface area contributed by atoms with Crippen molar-refractivity contribution in [1.29, 1.82) is 0 Å². The molecule has 3 aromatic rings. The van der Waals surface area contributed by atoms with E-state index in [0.717, 1.165) is 23.3 Å². The molecule has 0 spiro atoms. The van der Waals surface area contributed by atoms with Crippen molar-refractivity contribution >= 4 is 11.9 Å². The highest BCUT2D eigenvalue weighted by molar-refractivity contribution is 5.97. The second-order valence-corrected chi connectivity index (χ2v) is 6.77. The molecule has 0 radical (unpaired) electrons. The molecule has 1 atom stereocenters. The van der Waals surface area contributed by atoms with Crippen LogP contribution >= 0.6 is 0 Å². The quantitative estimate of drug-likeness (QED) is 0.553. The Bertz CT molecular complexity index is 1040. The van der Waals surface area contributed by atoms with Crippen LogP contribution in [0.1, 0.15) is 21.5 Å². The zero-order valence-corrected chi connectivity index (χ0v) is 16.8. The van der Waals surface area contributed by atoms with Crippen molar-refractivity contribution < 1.29 is 27.8 Å². The number of carbonyl (C=O) groups is 2. The molecule has 0 unspecified atom stereocenters. The lowest BCUT2D eigenvalue weighted by molar-refractivity contribution is -0.142. The number of benzene rings is 3. The fourth-order valence-electron chi connectivity index (χ4n) is 2.95. The van der Waals surface area contributed by atoms with Gasteiger partial charge in [-0.25, -0.2) is 13.6 Å². The van der Waals surface area contributed by atoms with Gasteiger partial charge in [0.25, 0.3) is 5.91 Å². The Morgan fingerprint density at radius 1 is 0.903 bits per heavy atom. The number of halogens is 2. The Balaban J connectivity index is 1.65. The fourth-order valence-corrected chi connectivity index (χ4v) is 2.95. The van der Waals surface area contributed by atoms with E-state index in [1.54, 1.807) is 24.3 Å². The summed E-state index contributed by atoms with van der Waals surface area (Å²) in [5.74, 6) is -3.38. The van der Waals surface area contributed by atoms with Gasteiger partial charge in [-0.3, -0.25) is 4.79 Å². The van der Waals surface area contributed by atoms with Crippen LogP contribution in [0.15, 0.2) is 72.8 Å². The molecule has 0 bridgehead atoms. The van der Waals surface area contributed by atoms with Crippen molar-refractivity contribution in [2.45, 2.75) is 19.1 Å². The molecular formula is C24H21F2NO4. The second-order valence-electron chi connectivity index (χ2n) is 6.77. The molecule has 1 N–H and O–H groups in total. The Morgan fingerprint density at radius 3 is 2.29 bits per heavy atom. The van der Waals surface area contributed by atoms with E-state index >= 15 is 0 Å². The third-order valence-corrected chi connectivity index (χ3v) is 4.60. The number of amides is 1. The van der Waals surface area contributed by atoms with Crippen molar-refractivity contribution in [2.75, 3.05) is 7.11 Å². The highest BCUT2D eigenvalue weighted by atomic mass is 19.2. The first-order chi connectivity index (χ1) is 15.0. The van der Waals surface area contributed by atoms with Crippen LogP contribution in [0.3, 0.4) is 0 Å². The molecule has 0 fully saturated rings. The van der Waals surface area contributed by atoms with E-state index in [2.05, 4.69) is 5.32 Å². The maximum atomic E-state index is 13.9. The summed E-state index contributed by atoms with van der Waals surface area (Å²) in [6.07, 6.45) is 0.105. The fraction of sp³-hybridized carbons (Fsp3) is 0.167. The number of esters is 1. The van der Waals surface area contributed by atoms with Gasteiger partial charge in [-0.1, -0.05) is 48.5 Å². The monoisotopic (exact) mass is 425 g/mol. The lowest BCUT2D eigenvalue weighted by atomic mass is 10.0. The highest BCUT2D eigenvalue weighted by Crippen LogP contribution is 2.16. The first-order valence-corrected chi connectivity index (χ1v) is 9.56. The van der Waals surface area contributed by atoms with Crippen LogP contribution in [0.4, 0.5) is 8.78 Å². The van der Waals surface area contributed by atoms with E-state index in [1.807, 2.05) is 30.3 Å². The first-order valence-electron chi connectivity index (χ1n) is 9.56. The average molecular weight is 425 g/mol. The predicted molar refractivity (Wildman–Crippen MR) is 111 cm³/mol. The zero-order chi connectivity index (χ0) is 22.2. The number of nitrogens with one attached hydrogen (secondary N) is 1. The molecule has 31 heavy (non-hydrogen) atoms. The molecule has 5 nitrogen and oxygen atoms in total. The van der Waals surface area contributed by atoms with Crippen LogP contribution in [-0.2, 0) is 22.6 Å². The van der Waals surface area contributed by atoms with Gasteiger partial charge in [-0.05, 0) is 35.4 Å². The van der Waals surface area contributed by atoms with Crippen LogP contribution in [0.2, 0.25) is 0 Å². The Labute approximate surface area is 178 Å². The van der Waals surface area contributed by atoms with Crippen LogP contribution in [0.25, 0.3) is 0 Å². The normalized spacial score (nSPS) is 11.5. The summed E-state index contributed by atoms with van der Waals surface area (Å²) in [4.78, 5) is 24.5. The van der Waals surface area contributed by atoms with E-state index in [1.165, 1.54) is 13.2 Å². The van der Waals surface area contributed by atoms with E-state index < -0.39 is 35.1 Å². The van der Waals surface area contributed by atoms with Crippen LogP contribution < -0.4 is 10.1 Å². The van der Waals surface area contributed by atoms with E-state index in [-0.39, 0.29) is 6.42 Å². The van der Waals surface area contributed by atoms with Gasteiger partial charge in [0.05, 0.1) is 12.7 Å². The van der Waals surface area contributed by atoms with Crippen LogP contribution in [0, 0.1) is 11.6 Å². The average Bonchev–Trinajstić information content (AvgIpc) is 2.80. The SMILES string of the molecule is COC(=O)[C@H](Cc1ccc(OCc2ccccc2)cc1)NC(=O)c1cccc(F)c1F. The minimum absolute atomic E-state index is 0.105.